The lowest BCUT2D eigenvalue weighted by molar-refractivity contribution is 0.398. The van der Waals surface area contributed by atoms with Crippen molar-refractivity contribution in [1.29, 1.82) is 0 Å². The Bertz CT molecular complexity index is 862. The largest absolute Gasteiger partial charge is 0.507 e. The lowest BCUT2D eigenvalue weighted by Gasteiger charge is -2.23. The molecular weight excluding hydrogens is 299 g/mol. The first-order valence-electron chi connectivity index (χ1n) is 6.48. The first-order chi connectivity index (χ1) is 9.89. The van der Waals surface area contributed by atoms with Crippen LogP contribution in [0.25, 0.3) is 10.8 Å². The standard InChI is InChI=1S/C13H13FN2O4S/c14-10-1-2-11(17)9-7-15-16(13(18)12(9)10)8-3-5-21(19,20)6-4-8/h1-2,7-8,17H,3-6H2. The second-order valence-electron chi connectivity index (χ2n) is 5.13. The molecule has 1 N–H and O–H groups in total. The van der Waals surface area contributed by atoms with Crippen LogP contribution in [0.4, 0.5) is 4.39 Å². The molecule has 8 heteroatoms. The molecule has 6 nitrogen and oxygen atoms in total. The smallest absolute Gasteiger partial charge is 0.278 e. The Morgan fingerprint density at radius 3 is 2.62 bits per heavy atom. The van der Waals surface area contributed by atoms with E-state index in [0.29, 0.717) is 0 Å². The summed E-state index contributed by atoms with van der Waals surface area (Å²) in [7, 11) is -3.05. The Kier molecular flexibility index (Phi) is 3.20. The molecule has 1 saturated heterocycles. The van der Waals surface area contributed by atoms with E-state index in [1.54, 1.807) is 0 Å². The second-order valence-corrected chi connectivity index (χ2v) is 7.44. The van der Waals surface area contributed by atoms with Crippen LogP contribution in [0.1, 0.15) is 18.9 Å². The molecule has 1 aliphatic rings. The van der Waals surface area contributed by atoms with Gasteiger partial charge in [0.25, 0.3) is 5.56 Å². The highest BCUT2D eigenvalue weighted by atomic mass is 32.2. The summed E-state index contributed by atoms with van der Waals surface area (Å²) in [6.45, 7) is 0. The van der Waals surface area contributed by atoms with Crippen LogP contribution >= 0.6 is 0 Å². The van der Waals surface area contributed by atoms with Gasteiger partial charge in [0.2, 0.25) is 0 Å². The van der Waals surface area contributed by atoms with E-state index in [4.69, 9.17) is 0 Å². The van der Waals surface area contributed by atoms with Crippen LogP contribution < -0.4 is 5.56 Å². The van der Waals surface area contributed by atoms with Gasteiger partial charge in [0.05, 0.1) is 34.5 Å². The van der Waals surface area contributed by atoms with E-state index in [2.05, 4.69) is 5.10 Å². The number of benzene rings is 1. The molecule has 0 spiro atoms. The number of sulfone groups is 1. The van der Waals surface area contributed by atoms with Gasteiger partial charge in [-0.25, -0.2) is 17.5 Å². The summed E-state index contributed by atoms with van der Waals surface area (Å²) in [5.41, 5.74) is -0.648. The molecule has 1 aliphatic heterocycles. The number of rotatable bonds is 1. The van der Waals surface area contributed by atoms with Gasteiger partial charge in [0.1, 0.15) is 21.4 Å². The maximum atomic E-state index is 13.8. The van der Waals surface area contributed by atoms with Gasteiger partial charge >= 0.3 is 0 Å². The summed E-state index contributed by atoms with van der Waals surface area (Å²) < 4.78 is 37.8. The average molecular weight is 312 g/mol. The molecular formula is C13H13FN2O4S. The molecule has 21 heavy (non-hydrogen) atoms. The maximum Gasteiger partial charge on any atom is 0.278 e. The molecule has 0 bridgehead atoms. The van der Waals surface area contributed by atoms with Crippen molar-refractivity contribution < 1.29 is 17.9 Å². The number of hydrogen-bond acceptors (Lipinski definition) is 5. The number of hydrogen-bond donors (Lipinski definition) is 1. The fraction of sp³-hybridized carbons (Fsp3) is 0.385. The molecule has 1 fully saturated rings. The Hall–Kier alpha value is -1.96. The number of aromatic hydroxyl groups is 1. The highest BCUT2D eigenvalue weighted by Crippen LogP contribution is 2.26. The van der Waals surface area contributed by atoms with E-state index in [1.807, 2.05) is 0 Å². The van der Waals surface area contributed by atoms with Crippen LogP contribution in [0.15, 0.2) is 23.1 Å². The van der Waals surface area contributed by atoms with Crippen LogP contribution in [-0.2, 0) is 9.84 Å². The minimum atomic E-state index is -3.05. The molecule has 0 atom stereocenters. The number of phenolic OH excluding ortho intramolecular Hbond substituents is 1. The molecule has 0 saturated carbocycles. The van der Waals surface area contributed by atoms with Gasteiger partial charge in [0, 0.05) is 0 Å². The first kappa shape index (κ1) is 14.0. The minimum absolute atomic E-state index is 0.00759. The van der Waals surface area contributed by atoms with Crippen molar-refractivity contribution in [1.82, 2.24) is 9.78 Å². The molecule has 1 aromatic carbocycles. The van der Waals surface area contributed by atoms with Crippen molar-refractivity contribution in [3.63, 3.8) is 0 Å². The topological polar surface area (TPSA) is 89.3 Å². The van der Waals surface area contributed by atoms with Crippen LogP contribution in [-0.4, -0.2) is 34.8 Å². The SMILES string of the molecule is O=c1c2c(F)ccc(O)c2cnn1C1CCS(=O)(=O)CC1. The molecule has 3 rings (SSSR count). The van der Waals surface area contributed by atoms with E-state index in [-0.39, 0.29) is 46.9 Å². The average Bonchev–Trinajstić information content (AvgIpc) is 2.43. The molecule has 2 heterocycles. The Morgan fingerprint density at radius 1 is 1.29 bits per heavy atom. The highest BCUT2D eigenvalue weighted by Gasteiger charge is 2.27. The lowest BCUT2D eigenvalue weighted by Crippen LogP contribution is -2.33. The van der Waals surface area contributed by atoms with Crippen molar-refractivity contribution >= 4 is 20.6 Å². The summed E-state index contributed by atoms with van der Waals surface area (Å²) in [4.78, 5) is 12.4. The quantitative estimate of drug-likeness (QED) is 0.848. The first-order valence-corrected chi connectivity index (χ1v) is 8.30. The predicted octanol–water partition coefficient (Wildman–Crippen LogP) is 0.991. The zero-order valence-corrected chi connectivity index (χ0v) is 11.8. The number of nitrogens with zero attached hydrogens (tertiary/aromatic N) is 2. The van der Waals surface area contributed by atoms with Gasteiger partial charge in [-0.3, -0.25) is 4.79 Å². The summed E-state index contributed by atoms with van der Waals surface area (Å²) in [6, 6.07) is 1.82. The third-order valence-electron chi connectivity index (χ3n) is 3.77. The summed E-state index contributed by atoms with van der Waals surface area (Å²) >= 11 is 0. The summed E-state index contributed by atoms with van der Waals surface area (Å²) in [6.07, 6.45) is 1.79. The van der Waals surface area contributed by atoms with Gasteiger partial charge in [-0.15, -0.1) is 0 Å². The van der Waals surface area contributed by atoms with E-state index < -0.39 is 21.2 Å². The third kappa shape index (κ3) is 2.39. The van der Waals surface area contributed by atoms with Crippen molar-refractivity contribution in [2.45, 2.75) is 18.9 Å². The highest BCUT2D eigenvalue weighted by molar-refractivity contribution is 7.91. The van der Waals surface area contributed by atoms with Crippen molar-refractivity contribution in [2.75, 3.05) is 11.5 Å². The van der Waals surface area contributed by atoms with Crippen molar-refractivity contribution in [2.24, 2.45) is 0 Å². The molecule has 1 aromatic heterocycles. The summed E-state index contributed by atoms with van der Waals surface area (Å²) in [5.74, 6) is -0.958. The number of phenols is 1. The monoisotopic (exact) mass is 312 g/mol. The van der Waals surface area contributed by atoms with Gasteiger partial charge in [-0.1, -0.05) is 0 Å². The Labute approximate surface area is 119 Å². The van der Waals surface area contributed by atoms with Crippen LogP contribution in [0, 0.1) is 5.82 Å². The van der Waals surface area contributed by atoms with Crippen LogP contribution in [0.2, 0.25) is 0 Å². The molecule has 2 aromatic rings. The van der Waals surface area contributed by atoms with Crippen LogP contribution in [0.3, 0.4) is 0 Å². The molecule has 0 radical (unpaired) electrons. The Morgan fingerprint density at radius 2 is 1.95 bits per heavy atom. The number of fused-ring (bicyclic) bond motifs is 1. The number of halogens is 1. The van der Waals surface area contributed by atoms with Gasteiger partial charge in [-0.05, 0) is 25.0 Å². The van der Waals surface area contributed by atoms with Crippen LogP contribution in [0.5, 0.6) is 5.75 Å². The fourth-order valence-corrected chi connectivity index (χ4v) is 4.07. The minimum Gasteiger partial charge on any atom is -0.507 e. The van der Waals surface area contributed by atoms with Gasteiger partial charge < -0.3 is 5.11 Å². The third-order valence-corrected chi connectivity index (χ3v) is 5.49. The van der Waals surface area contributed by atoms with Crippen molar-refractivity contribution in [3.05, 3.63) is 34.5 Å². The zero-order chi connectivity index (χ0) is 15.2. The molecule has 112 valence electrons. The normalized spacial score (nSPS) is 18.9. The summed E-state index contributed by atoms with van der Waals surface area (Å²) in [5, 5.41) is 13.4. The predicted molar refractivity (Wildman–Crippen MR) is 74.6 cm³/mol. The van der Waals surface area contributed by atoms with Crippen molar-refractivity contribution in [3.8, 4) is 5.75 Å². The molecule has 0 amide bonds. The number of aromatic nitrogens is 2. The Balaban J connectivity index is 2.12. The van der Waals surface area contributed by atoms with Gasteiger partial charge in [-0.2, -0.15) is 5.10 Å². The zero-order valence-electron chi connectivity index (χ0n) is 11.0. The van der Waals surface area contributed by atoms with Gasteiger partial charge in [0.15, 0.2) is 0 Å². The molecule has 0 unspecified atom stereocenters. The second kappa shape index (κ2) is 4.80. The lowest BCUT2D eigenvalue weighted by atomic mass is 10.1. The van der Waals surface area contributed by atoms with E-state index in [0.717, 1.165) is 16.8 Å². The van der Waals surface area contributed by atoms with E-state index >= 15 is 0 Å². The molecule has 0 aliphatic carbocycles. The maximum absolute atomic E-state index is 13.8. The van der Waals surface area contributed by atoms with E-state index in [1.165, 1.54) is 6.20 Å². The fourth-order valence-electron chi connectivity index (χ4n) is 2.60. The van der Waals surface area contributed by atoms with E-state index in [9.17, 15) is 22.7 Å².